The molecule has 0 aliphatic heterocycles. The molecule has 2 nitrogen and oxygen atoms in total. The van der Waals surface area contributed by atoms with Crippen molar-refractivity contribution in [2.45, 2.75) is 6.92 Å². The third-order valence-electron chi connectivity index (χ3n) is 0.676. The Morgan fingerprint density at radius 1 is 1.88 bits per heavy atom. The number of amides is 1. The van der Waals surface area contributed by atoms with Gasteiger partial charge in [-0.2, -0.15) is 0 Å². The minimum Gasteiger partial charge on any atom is -0.286 e. The van der Waals surface area contributed by atoms with Crippen molar-refractivity contribution in [3.8, 4) is 0 Å². The van der Waals surface area contributed by atoms with Gasteiger partial charge in [0.1, 0.15) is 0 Å². The van der Waals surface area contributed by atoms with Crippen LogP contribution in [0.25, 0.3) is 0 Å². The standard InChI is InChI=1S/C5H9NOS/c1-4-8-6(3)5(2)7/h4H,1H2,2-3H3. The van der Waals surface area contributed by atoms with Crippen LogP contribution >= 0.6 is 11.9 Å². The number of hydrogen-bond acceptors (Lipinski definition) is 2. The van der Waals surface area contributed by atoms with Crippen LogP contribution in [0.5, 0.6) is 0 Å². The smallest absolute Gasteiger partial charge is 0.229 e. The van der Waals surface area contributed by atoms with E-state index in [1.54, 1.807) is 12.5 Å². The third kappa shape index (κ3) is 2.69. The summed E-state index contributed by atoms with van der Waals surface area (Å²) in [4.78, 5) is 10.4. The third-order valence-corrected chi connectivity index (χ3v) is 1.40. The molecule has 0 aromatic carbocycles. The topological polar surface area (TPSA) is 20.3 Å². The molecule has 0 heterocycles. The van der Waals surface area contributed by atoms with Crippen molar-refractivity contribution in [1.82, 2.24) is 4.31 Å². The number of hydrogen-bond donors (Lipinski definition) is 0. The fraction of sp³-hybridized carbons (Fsp3) is 0.400. The Bertz CT molecular complexity index is 103. The first kappa shape index (κ1) is 7.56. The highest BCUT2D eigenvalue weighted by molar-refractivity contribution is 8.00. The molecule has 0 aromatic heterocycles. The van der Waals surface area contributed by atoms with Crippen molar-refractivity contribution in [3.05, 3.63) is 12.0 Å². The number of rotatable bonds is 2. The molecule has 0 atom stereocenters. The van der Waals surface area contributed by atoms with E-state index < -0.39 is 0 Å². The zero-order valence-electron chi connectivity index (χ0n) is 5.05. The van der Waals surface area contributed by atoms with Crippen LogP contribution in [0.15, 0.2) is 12.0 Å². The summed E-state index contributed by atoms with van der Waals surface area (Å²) in [6.45, 7) is 4.96. The maximum absolute atomic E-state index is 10.4. The quantitative estimate of drug-likeness (QED) is 0.526. The fourth-order valence-corrected chi connectivity index (χ4v) is 0.558. The van der Waals surface area contributed by atoms with E-state index in [2.05, 4.69) is 6.58 Å². The largest absolute Gasteiger partial charge is 0.286 e. The van der Waals surface area contributed by atoms with E-state index in [1.165, 1.54) is 23.2 Å². The summed E-state index contributed by atoms with van der Waals surface area (Å²) in [5.41, 5.74) is 0. The molecular formula is C5H9NOS. The first-order valence-electron chi connectivity index (χ1n) is 2.20. The Kier molecular flexibility index (Phi) is 3.35. The molecule has 0 spiro atoms. The summed E-state index contributed by atoms with van der Waals surface area (Å²) in [5, 5.41) is 1.61. The van der Waals surface area contributed by atoms with Crippen LogP contribution in [0.4, 0.5) is 0 Å². The lowest BCUT2D eigenvalue weighted by molar-refractivity contribution is -0.122. The van der Waals surface area contributed by atoms with Crippen molar-refractivity contribution in [2.75, 3.05) is 7.05 Å². The Morgan fingerprint density at radius 3 is 2.50 bits per heavy atom. The molecule has 0 aliphatic rings. The maximum Gasteiger partial charge on any atom is 0.229 e. The number of carbonyl (C=O) groups excluding carboxylic acids is 1. The van der Waals surface area contributed by atoms with Crippen LogP contribution < -0.4 is 0 Å². The van der Waals surface area contributed by atoms with Crippen LogP contribution in [-0.4, -0.2) is 17.3 Å². The van der Waals surface area contributed by atoms with Gasteiger partial charge < -0.3 is 0 Å². The van der Waals surface area contributed by atoms with Gasteiger partial charge in [-0.1, -0.05) is 6.58 Å². The molecule has 0 saturated heterocycles. The summed E-state index contributed by atoms with van der Waals surface area (Å²) < 4.78 is 1.51. The molecule has 0 radical (unpaired) electrons. The molecule has 0 aromatic rings. The van der Waals surface area contributed by atoms with Crippen molar-refractivity contribution in [1.29, 1.82) is 0 Å². The van der Waals surface area contributed by atoms with Crippen molar-refractivity contribution < 1.29 is 4.79 Å². The molecule has 0 bridgehead atoms. The van der Waals surface area contributed by atoms with E-state index in [9.17, 15) is 4.79 Å². The van der Waals surface area contributed by atoms with Crippen LogP contribution in [0, 0.1) is 0 Å². The average Bonchev–Trinajstić information content (AvgIpc) is 1.67. The summed E-state index contributed by atoms with van der Waals surface area (Å²) in [5.74, 6) is 0.0369. The normalized spacial score (nSPS) is 8.25. The van der Waals surface area contributed by atoms with Crippen LogP contribution in [0.1, 0.15) is 6.92 Å². The summed E-state index contributed by atoms with van der Waals surface area (Å²) in [7, 11) is 1.70. The molecule has 1 amide bonds. The van der Waals surface area contributed by atoms with Crippen molar-refractivity contribution in [3.63, 3.8) is 0 Å². The molecule has 0 N–H and O–H groups in total. The second kappa shape index (κ2) is 3.55. The van der Waals surface area contributed by atoms with Gasteiger partial charge in [0, 0.05) is 14.0 Å². The predicted molar refractivity (Wildman–Crippen MR) is 36.2 cm³/mol. The van der Waals surface area contributed by atoms with Crippen molar-refractivity contribution >= 4 is 17.9 Å². The Balaban J connectivity index is 3.46. The van der Waals surface area contributed by atoms with Gasteiger partial charge in [0.05, 0.1) is 0 Å². The maximum atomic E-state index is 10.4. The van der Waals surface area contributed by atoms with Crippen LogP contribution in [0.2, 0.25) is 0 Å². The van der Waals surface area contributed by atoms with E-state index in [0.29, 0.717) is 0 Å². The Morgan fingerprint density at radius 2 is 2.38 bits per heavy atom. The lowest BCUT2D eigenvalue weighted by Gasteiger charge is -2.07. The van der Waals surface area contributed by atoms with Gasteiger partial charge in [-0.15, -0.1) is 0 Å². The molecule has 0 aliphatic carbocycles. The molecule has 0 rings (SSSR count). The minimum atomic E-state index is 0.0369. The van der Waals surface area contributed by atoms with E-state index >= 15 is 0 Å². The summed E-state index contributed by atoms with van der Waals surface area (Å²) in [6, 6.07) is 0. The zero-order valence-corrected chi connectivity index (χ0v) is 5.86. The van der Waals surface area contributed by atoms with Gasteiger partial charge in [-0.25, -0.2) is 0 Å². The van der Waals surface area contributed by atoms with Crippen LogP contribution in [0.3, 0.4) is 0 Å². The van der Waals surface area contributed by atoms with Gasteiger partial charge in [0.15, 0.2) is 0 Å². The lowest BCUT2D eigenvalue weighted by Crippen LogP contribution is -2.13. The Hall–Kier alpha value is -0.440. The Labute approximate surface area is 53.7 Å². The second-order valence-corrected chi connectivity index (χ2v) is 2.38. The predicted octanol–water partition coefficient (Wildman–Crippen LogP) is 1.26. The monoisotopic (exact) mass is 131 g/mol. The molecule has 8 heavy (non-hydrogen) atoms. The van der Waals surface area contributed by atoms with Gasteiger partial charge >= 0.3 is 0 Å². The van der Waals surface area contributed by atoms with E-state index in [0.717, 1.165) is 0 Å². The molecule has 46 valence electrons. The highest BCUT2D eigenvalue weighted by Gasteiger charge is 1.96. The highest BCUT2D eigenvalue weighted by Crippen LogP contribution is 2.05. The molecule has 3 heteroatoms. The minimum absolute atomic E-state index is 0.0369. The lowest BCUT2D eigenvalue weighted by atomic mass is 10.7. The van der Waals surface area contributed by atoms with Gasteiger partial charge in [-0.05, 0) is 17.4 Å². The van der Waals surface area contributed by atoms with Crippen LogP contribution in [-0.2, 0) is 4.79 Å². The van der Waals surface area contributed by atoms with E-state index in [1.807, 2.05) is 0 Å². The zero-order chi connectivity index (χ0) is 6.57. The van der Waals surface area contributed by atoms with Gasteiger partial charge in [0.2, 0.25) is 5.91 Å². The van der Waals surface area contributed by atoms with Gasteiger partial charge in [-0.3, -0.25) is 9.10 Å². The summed E-state index contributed by atoms with van der Waals surface area (Å²) in [6.07, 6.45) is 0. The average molecular weight is 131 g/mol. The van der Waals surface area contributed by atoms with E-state index in [-0.39, 0.29) is 5.91 Å². The van der Waals surface area contributed by atoms with Crippen molar-refractivity contribution in [2.24, 2.45) is 0 Å². The number of carbonyl (C=O) groups is 1. The first-order valence-corrected chi connectivity index (χ1v) is 3.04. The van der Waals surface area contributed by atoms with E-state index in [4.69, 9.17) is 0 Å². The summed E-state index contributed by atoms with van der Waals surface area (Å²) >= 11 is 1.29. The molecular weight excluding hydrogens is 122 g/mol. The van der Waals surface area contributed by atoms with Gasteiger partial charge in [0.25, 0.3) is 0 Å². The molecule has 0 fully saturated rings. The fourth-order valence-electron chi connectivity index (χ4n) is 0.186. The highest BCUT2D eigenvalue weighted by atomic mass is 32.2. The second-order valence-electron chi connectivity index (χ2n) is 1.29. The number of nitrogens with zero attached hydrogens (tertiary/aromatic N) is 1. The molecule has 0 unspecified atom stereocenters. The molecule has 0 saturated carbocycles. The SMILES string of the molecule is C=CSN(C)C(C)=O. The first-order chi connectivity index (χ1) is 3.68.